The molecule has 6 heteroatoms. The minimum Gasteiger partial charge on any atom is -0.497 e. The smallest absolute Gasteiger partial charge is 0.270 e. The van der Waals surface area contributed by atoms with Gasteiger partial charge in [-0.25, -0.2) is 0 Å². The Morgan fingerprint density at radius 3 is 2.88 bits per heavy atom. The van der Waals surface area contributed by atoms with Crippen LogP contribution < -0.4 is 15.4 Å². The maximum absolute atomic E-state index is 12.7. The first kappa shape index (κ1) is 16.4. The van der Waals surface area contributed by atoms with Crippen LogP contribution in [0.3, 0.4) is 0 Å². The van der Waals surface area contributed by atoms with Crippen LogP contribution in [0.4, 0.5) is 0 Å². The average Bonchev–Trinajstić information content (AvgIpc) is 2.64. The molecule has 1 aliphatic rings. The molecule has 0 unspecified atom stereocenters. The quantitative estimate of drug-likeness (QED) is 0.782. The number of carbonyl (C=O) groups excluding carboxylic acids is 1. The first-order chi connectivity index (χ1) is 11.7. The van der Waals surface area contributed by atoms with E-state index >= 15 is 0 Å². The minimum absolute atomic E-state index is 0.260. The molecule has 1 fully saturated rings. The van der Waals surface area contributed by atoms with Gasteiger partial charge in [0.2, 0.25) is 0 Å². The molecule has 0 radical (unpaired) electrons. The molecule has 0 saturated carbocycles. The molecule has 0 bridgehead atoms. The molecule has 1 aliphatic heterocycles. The lowest BCUT2D eigenvalue weighted by Gasteiger charge is -2.42. The van der Waals surface area contributed by atoms with Crippen LogP contribution in [0.5, 0.6) is 5.75 Å². The van der Waals surface area contributed by atoms with Gasteiger partial charge < -0.3 is 20.5 Å². The number of piperidine rings is 1. The normalized spacial score (nSPS) is 23.5. The predicted octanol–water partition coefficient (Wildman–Crippen LogP) is 1.07. The minimum atomic E-state index is -0.839. The Labute approximate surface area is 140 Å². The van der Waals surface area contributed by atoms with Gasteiger partial charge in [0.25, 0.3) is 5.91 Å². The fraction of sp³-hybridized carbons (Fsp3) is 0.333. The van der Waals surface area contributed by atoms with Gasteiger partial charge in [-0.2, -0.15) is 0 Å². The second-order valence-corrected chi connectivity index (χ2v) is 5.84. The highest BCUT2D eigenvalue weighted by Crippen LogP contribution is 2.31. The van der Waals surface area contributed by atoms with Crippen molar-refractivity contribution < 1.29 is 14.6 Å². The van der Waals surface area contributed by atoms with Gasteiger partial charge in [0.15, 0.2) is 0 Å². The van der Waals surface area contributed by atoms with Crippen molar-refractivity contribution in [1.82, 2.24) is 15.6 Å². The summed E-state index contributed by atoms with van der Waals surface area (Å²) in [6.45, 7) is 1.12. The summed E-state index contributed by atoms with van der Waals surface area (Å²) >= 11 is 0. The summed E-state index contributed by atoms with van der Waals surface area (Å²) in [7, 11) is 1.54. The molecule has 3 N–H and O–H groups in total. The molecule has 2 heterocycles. The van der Waals surface area contributed by atoms with Crippen molar-refractivity contribution in [2.24, 2.45) is 0 Å². The number of ether oxygens (including phenoxy) is 1. The second kappa shape index (κ2) is 6.98. The van der Waals surface area contributed by atoms with Crippen LogP contribution in [0.15, 0.2) is 48.7 Å². The maximum atomic E-state index is 12.7. The summed E-state index contributed by atoms with van der Waals surface area (Å²) in [5, 5.41) is 16.8. The number of methoxy groups -OCH3 is 1. The molecule has 6 nitrogen and oxygen atoms in total. The molecule has 24 heavy (non-hydrogen) atoms. The summed E-state index contributed by atoms with van der Waals surface area (Å²) in [5.41, 5.74) is 0.305. The van der Waals surface area contributed by atoms with Crippen LogP contribution in [0.2, 0.25) is 0 Å². The molecule has 126 valence electrons. The van der Waals surface area contributed by atoms with Crippen LogP contribution in [0, 0.1) is 0 Å². The number of nitrogens with one attached hydrogen (secondary N) is 2. The Balaban J connectivity index is 1.93. The molecule has 0 aliphatic carbocycles. The van der Waals surface area contributed by atoms with Crippen molar-refractivity contribution in [2.45, 2.75) is 18.1 Å². The number of aromatic nitrogens is 1. The number of hydrogen-bond acceptors (Lipinski definition) is 5. The zero-order valence-corrected chi connectivity index (χ0v) is 13.5. The van der Waals surface area contributed by atoms with Crippen molar-refractivity contribution in [3.63, 3.8) is 0 Å². The van der Waals surface area contributed by atoms with Crippen LogP contribution in [-0.4, -0.2) is 42.3 Å². The third kappa shape index (κ3) is 3.11. The third-order valence-electron chi connectivity index (χ3n) is 4.43. The number of rotatable bonds is 4. The summed E-state index contributed by atoms with van der Waals surface area (Å²) in [6, 6.07) is 12.8. The molecule has 1 aromatic carbocycles. The largest absolute Gasteiger partial charge is 0.497 e. The Morgan fingerprint density at radius 2 is 2.17 bits per heavy atom. The van der Waals surface area contributed by atoms with E-state index in [1.807, 2.05) is 30.3 Å². The fourth-order valence-electron chi connectivity index (χ4n) is 3.08. The van der Waals surface area contributed by atoms with Crippen molar-refractivity contribution in [2.75, 3.05) is 20.2 Å². The SMILES string of the molecule is COc1ccnc(C(=O)N[C@@]2(c3ccccc3)CCNC[C@H]2O)c1. The summed E-state index contributed by atoms with van der Waals surface area (Å²) < 4.78 is 5.15. The van der Waals surface area contributed by atoms with Crippen LogP contribution in [0.1, 0.15) is 22.5 Å². The number of hydrogen-bond donors (Lipinski definition) is 3. The van der Waals surface area contributed by atoms with E-state index in [2.05, 4.69) is 15.6 Å². The molecule has 1 aromatic heterocycles. The second-order valence-electron chi connectivity index (χ2n) is 5.84. The van der Waals surface area contributed by atoms with Gasteiger partial charge in [-0.15, -0.1) is 0 Å². The Morgan fingerprint density at radius 1 is 1.38 bits per heavy atom. The highest BCUT2D eigenvalue weighted by Gasteiger charge is 2.43. The van der Waals surface area contributed by atoms with E-state index in [0.29, 0.717) is 25.3 Å². The molecular formula is C18H21N3O3. The molecule has 1 amide bonds. The number of amides is 1. The number of aliphatic hydroxyl groups is 1. The van der Waals surface area contributed by atoms with Gasteiger partial charge in [-0.05, 0) is 24.6 Å². The van der Waals surface area contributed by atoms with Crippen molar-refractivity contribution >= 4 is 5.91 Å². The van der Waals surface area contributed by atoms with Gasteiger partial charge in [-0.3, -0.25) is 9.78 Å². The standard InChI is InChI=1S/C18H21N3O3/c1-24-14-7-9-20-15(11-14)17(23)21-18(8-10-19-12-16(18)22)13-5-3-2-4-6-13/h2-7,9,11,16,19,22H,8,10,12H2,1H3,(H,21,23)/t16-,18-/m1/s1. The number of benzene rings is 1. The van der Waals surface area contributed by atoms with Crippen LogP contribution >= 0.6 is 0 Å². The zero-order valence-electron chi connectivity index (χ0n) is 13.5. The van der Waals surface area contributed by atoms with E-state index in [9.17, 15) is 9.90 Å². The predicted molar refractivity (Wildman–Crippen MR) is 89.9 cm³/mol. The fourth-order valence-corrected chi connectivity index (χ4v) is 3.08. The lowest BCUT2D eigenvalue weighted by Crippen LogP contribution is -2.61. The Kier molecular flexibility index (Phi) is 4.78. The molecule has 3 rings (SSSR count). The van der Waals surface area contributed by atoms with Crippen molar-refractivity contribution in [3.05, 3.63) is 59.9 Å². The van der Waals surface area contributed by atoms with Gasteiger partial charge in [0.05, 0.1) is 18.8 Å². The number of carbonyl (C=O) groups is 1. The average molecular weight is 327 g/mol. The number of nitrogens with zero attached hydrogens (tertiary/aromatic N) is 1. The maximum Gasteiger partial charge on any atom is 0.270 e. The first-order valence-electron chi connectivity index (χ1n) is 7.92. The number of pyridine rings is 1. The summed E-state index contributed by atoms with van der Waals surface area (Å²) in [6.07, 6.45) is 1.39. The monoisotopic (exact) mass is 327 g/mol. The van der Waals surface area contributed by atoms with Gasteiger partial charge >= 0.3 is 0 Å². The Bertz CT molecular complexity index is 708. The van der Waals surface area contributed by atoms with Crippen LogP contribution in [-0.2, 0) is 5.54 Å². The topological polar surface area (TPSA) is 83.5 Å². The summed E-state index contributed by atoms with van der Waals surface area (Å²) in [4.78, 5) is 16.9. The van der Waals surface area contributed by atoms with Gasteiger partial charge in [0.1, 0.15) is 11.4 Å². The third-order valence-corrected chi connectivity index (χ3v) is 4.43. The number of β-amino-alcohol motifs (C(OH)–C–C–N with tert-alkyl or cyclic N) is 1. The van der Waals surface area contributed by atoms with Crippen molar-refractivity contribution in [1.29, 1.82) is 0 Å². The van der Waals surface area contributed by atoms with E-state index in [0.717, 1.165) is 5.56 Å². The van der Waals surface area contributed by atoms with E-state index in [1.165, 1.54) is 6.20 Å². The van der Waals surface area contributed by atoms with Crippen molar-refractivity contribution in [3.8, 4) is 5.75 Å². The lowest BCUT2D eigenvalue weighted by molar-refractivity contribution is 0.0288. The van der Waals surface area contributed by atoms with E-state index in [1.54, 1.807) is 19.2 Å². The van der Waals surface area contributed by atoms with E-state index in [4.69, 9.17) is 4.74 Å². The van der Waals surface area contributed by atoms with E-state index < -0.39 is 11.6 Å². The lowest BCUT2D eigenvalue weighted by atomic mass is 9.79. The first-order valence-corrected chi connectivity index (χ1v) is 7.92. The van der Waals surface area contributed by atoms with Crippen LogP contribution in [0.25, 0.3) is 0 Å². The Hall–Kier alpha value is -2.44. The highest BCUT2D eigenvalue weighted by molar-refractivity contribution is 5.93. The zero-order chi connectivity index (χ0) is 17.0. The molecule has 2 aromatic rings. The van der Waals surface area contributed by atoms with Gasteiger partial charge in [0, 0.05) is 18.8 Å². The molecule has 1 saturated heterocycles. The van der Waals surface area contributed by atoms with E-state index in [-0.39, 0.29) is 11.6 Å². The molecule has 2 atom stereocenters. The highest BCUT2D eigenvalue weighted by atomic mass is 16.5. The van der Waals surface area contributed by atoms with Gasteiger partial charge in [-0.1, -0.05) is 30.3 Å². The summed E-state index contributed by atoms with van der Waals surface area (Å²) in [5.74, 6) is 0.230. The molecular weight excluding hydrogens is 306 g/mol. The molecule has 0 spiro atoms. The number of aliphatic hydroxyl groups excluding tert-OH is 1.